The van der Waals surface area contributed by atoms with Crippen LogP contribution in [-0.2, 0) is 6.54 Å². The molecule has 2 rings (SSSR count). The lowest BCUT2D eigenvalue weighted by Gasteiger charge is -2.29. The third kappa shape index (κ3) is 3.74. The van der Waals surface area contributed by atoms with E-state index in [0.29, 0.717) is 6.54 Å². The van der Waals surface area contributed by atoms with Gasteiger partial charge in [0, 0.05) is 18.5 Å². The topological polar surface area (TPSA) is 38.5 Å². The van der Waals surface area contributed by atoms with Gasteiger partial charge in [-0.05, 0) is 36.0 Å². The van der Waals surface area contributed by atoms with Crippen LogP contribution in [0.2, 0.25) is 0 Å². The summed E-state index contributed by atoms with van der Waals surface area (Å²) in [5.74, 6) is 0.930. The number of hydrogen-bond donors (Lipinski definition) is 1. The highest BCUT2D eigenvalue weighted by Gasteiger charge is 2.18. The summed E-state index contributed by atoms with van der Waals surface area (Å²) in [5, 5.41) is 2.43. The van der Waals surface area contributed by atoms with Crippen molar-refractivity contribution in [2.24, 2.45) is 11.1 Å². The molecule has 0 heterocycles. The Hall–Kier alpha value is -1.58. The van der Waals surface area contributed by atoms with E-state index in [-0.39, 0.29) is 5.41 Å². The number of benzene rings is 2. The van der Waals surface area contributed by atoms with Gasteiger partial charge in [-0.25, -0.2) is 0 Å². The first-order valence-corrected chi connectivity index (χ1v) is 7.40. The third-order valence-electron chi connectivity index (χ3n) is 3.89. The molecule has 21 heavy (non-hydrogen) atoms. The second kappa shape index (κ2) is 6.46. The summed E-state index contributed by atoms with van der Waals surface area (Å²) in [6.07, 6.45) is 0. The predicted octanol–water partition coefficient (Wildman–Crippen LogP) is 3.27. The molecular weight excluding hydrogens is 260 g/mol. The van der Waals surface area contributed by atoms with Crippen molar-refractivity contribution < 1.29 is 4.74 Å². The largest absolute Gasteiger partial charge is 0.496 e. The molecule has 0 aromatic heterocycles. The average Bonchev–Trinajstić information content (AvgIpc) is 2.47. The highest BCUT2D eigenvalue weighted by molar-refractivity contribution is 5.91. The first kappa shape index (κ1) is 15.8. The van der Waals surface area contributed by atoms with Gasteiger partial charge < -0.3 is 15.4 Å². The van der Waals surface area contributed by atoms with Gasteiger partial charge in [0.2, 0.25) is 0 Å². The van der Waals surface area contributed by atoms with E-state index in [9.17, 15) is 0 Å². The van der Waals surface area contributed by atoms with Crippen LogP contribution in [0.4, 0.5) is 0 Å². The highest BCUT2D eigenvalue weighted by Crippen LogP contribution is 2.29. The molecule has 3 nitrogen and oxygen atoms in total. The number of rotatable bonds is 6. The van der Waals surface area contributed by atoms with Crippen LogP contribution in [0.25, 0.3) is 10.8 Å². The maximum atomic E-state index is 5.83. The first-order valence-electron chi connectivity index (χ1n) is 7.40. The molecule has 0 aliphatic carbocycles. The van der Waals surface area contributed by atoms with E-state index in [1.807, 2.05) is 0 Å². The number of fused-ring (bicyclic) bond motifs is 1. The standard InChI is InChI=1S/C18H26N2O/c1-18(2,12-19)13-20(3)11-14-9-10-17(21-4)16-8-6-5-7-15(14)16/h5-10H,11-13,19H2,1-4H3. The summed E-state index contributed by atoms with van der Waals surface area (Å²) in [4.78, 5) is 2.33. The zero-order chi connectivity index (χ0) is 15.5. The van der Waals surface area contributed by atoms with Crippen molar-refractivity contribution in [3.05, 3.63) is 42.0 Å². The fourth-order valence-corrected chi connectivity index (χ4v) is 2.79. The lowest BCUT2D eigenvalue weighted by molar-refractivity contribution is 0.210. The van der Waals surface area contributed by atoms with Crippen LogP contribution in [0.3, 0.4) is 0 Å². The number of methoxy groups -OCH3 is 1. The molecule has 0 saturated carbocycles. The van der Waals surface area contributed by atoms with Gasteiger partial charge in [0.05, 0.1) is 7.11 Å². The molecule has 0 spiro atoms. The predicted molar refractivity (Wildman–Crippen MR) is 89.7 cm³/mol. The second-order valence-electron chi connectivity index (χ2n) is 6.51. The average molecular weight is 286 g/mol. The van der Waals surface area contributed by atoms with Crippen molar-refractivity contribution in [2.75, 3.05) is 27.2 Å². The van der Waals surface area contributed by atoms with E-state index >= 15 is 0 Å². The molecule has 0 aliphatic heterocycles. The SMILES string of the molecule is COc1ccc(CN(C)CC(C)(C)CN)c2ccccc12. The van der Waals surface area contributed by atoms with Crippen LogP contribution in [0.1, 0.15) is 19.4 Å². The maximum Gasteiger partial charge on any atom is 0.126 e. The molecule has 0 atom stereocenters. The van der Waals surface area contributed by atoms with Crippen LogP contribution in [-0.4, -0.2) is 32.1 Å². The van der Waals surface area contributed by atoms with Gasteiger partial charge in [0.1, 0.15) is 5.75 Å². The molecule has 2 aromatic rings. The van der Waals surface area contributed by atoms with Crippen LogP contribution in [0, 0.1) is 5.41 Å². The zero-order valence-electron chi connectivity index (χ0n) is 13.5. The summed E-state index contributed by atoms with van der Waals surface area (Å²) in [6, 6.07) is 12.6. The van der Waals surface area contributed by atoms with E-state index < -0.39 is 0 Å². The molecule has 2 N–H and O–H groups in total. The normalized spacial score (nSPS) is 12.1. The summed E-state index contributed by atoms with van der Waals surface area (Å²) >= 11 is 0. The molecule has 0 aliphatic rings. The third-order valence-corrected chi connectivity index (χ3v) is 3.89. The molecular formula is C18H26N2O. The Morgan fingerprint density at radius 2 is 1.76 bits per heavy atom. The Kier molecular flexibility index (Phi) is 4.86. The van der Waals surface area contributed by atoms with Crippen LogP contribution >= 0.6 is 0 Å². The van der Waals surface area contributed by atoms with Gasteiger partial charge in [-0.2, -0.15) is 0 Å². The van der Waals surface area contributed by atoms with E-state index in [2.05, 4.69) is 62.2 Å². The smallest absolute Gasteiger partial charge is 0.126 e. The minimum atomic E-state index is 0.136. The fraction of sp³-hybridized carbons (Fsp3) is 0.444. The Labute approximate surface area is 127 Å². The molecule has 0 unspecified atom stereocenters. The van der Waals surface area contributed by atoms with Gasteiger partial charge in [-0.1, -0.05) is 44.2 Å². The molecule has 114 valence electrons. The quantitative estimate of drug-likeness (QED) is 0.886. The maximum absolute atomic E-state index is 5.83. The Bertz CT molecular complexity index is 607. The Morgan fingerprint density at radius 3 is 2.38 bits per heavy atom. The minimum Gasteiger partial charge on any atom is -0.496 e. The molecule has 0 fully saturated rings. The van der Waals surface area contributed by atoms with Gasteiger partial charge in [-0.3, -0.25) is 0 Å². The summed E-state index contributed by atoms with van der Waals surface area (Å²) in [7, 11) is 3.87. The van der Waals surface area contributed by atoms with Gasteiger partial charge in [0.15, 0.2) is 0 Å². The highest BCUT2D eigenvalue weighted by atomic mass is 16.5. The molecule has 3 heteroatoms. The van der Waals surface area contributed by atoms with Crippen molar-refractivity contribution in [3.63, 3.8) is 0 Å². The van der Waals surface area contributed by atoms with Gasteiger partial charge in [-0.15, -0.1) is 0 Å². The summed E-state index contributed by atoms with van der Waals surface area (Å²) < 4.78 is 5.46. The molecule has 0 radical (unpaired) electrons. The van der Waals surface area contributed by atoms with E-state index in [1.54, 1.807) is 7.11 Å². The number of nitrogens with two attached hydrogens (primary N) is 1. The molecule has 0 bridgehead atoms. The number of hydrogen-bond acceptors (Lipinski definition) is 3. The van der Waals surface area contributed by atoms with E-state index in [0.717, 1.165) is 18.8 Å². The monoisotopic (exact) mass is 286 g/mol. The lowest BCUT2D eigenvalue weighted by Crippen LogP contribution is -2.36. The van der Waals surface area contributed by atoms with E-state index in [1.165, 1.54) is 16.3 Å². The van der Waals surface area contributed by atoms with Crippen LogP contribution < -0.4 is 10.5 Å². The van der Waals surface area contributed by atoms with Crippen molar-refractivity contribution in [3.8, 4) is 5.75 Å². The number of nitrogens with zero attached hydrogens (tertiary/aromatic N) is 1. The zero-order valence-corrected chi connectivity index (χ0v) is 13.5. The fourth-order valence-electron chi connectivity index (χ4n) is 2.79. The van der Waals surface area contributed by atoms with Crippen molar-refractivity contribution >= 4 is 10.8 Å². The number of ether oxygens (including phenoxy) is 1. The minimum absolute atomic E-state index is 0.136. The first-order chi connectivity index (χ1) is 9.96. The summed E-state index contributed by atoms with van der Waals surface area (Å²) in [6.45, 7) is 6.99. The summed E-state index contributed by atoms with van der Waals surface area (Å²) in [5.41, 5.74) is 7.29. The molecule has 0 saturated heterocycles. The Morgan fingerprint density at radius 1 is 1.10 bits per heavy atom. The second-order valence-corrected chi connectivity index (χ2v) is 6.51. The lowest BCUT2D eigenvalue weighted by atomic mass is 9.93. The van der Waals surface area contributed by atoms with Gasteiger partial charge >= 0.3 is 0 Å². The van der Waals surface area contributed by atoms with Crippen molar-refractivity contribution in [2.45, 2.75) is 20.4 Å². The Balaban J connectivity index is 2.27. The van der Waals surface area contributed by atoms with Crippen LogP contribution in [0.5, 0.6) is 5.75 Å². The molecule has 0 amide bonds. The van der Waals surface area contributed by atoms with Gasteiger partial charge in [0.25, 0.3) is 0 Å². The van der Waals surface area contributed by atoms with Crippen LogP contribution in [0.15, 0.2) is 36.4 Å². The van der Waals surface area contributed by atoms with Crippen molar-refractivity contribution in [1.82, 2.24) is 4.90 Å². The van der Waals surface area contributed by atoms with E-state index in [4.69, 9.17) is 10.5 Å². The van der Waals surface area contributed by atoms with Crippen molar-refractivity contribution in [1.29, 1.82) is 0 Å². The molecule has 2 aromatic carbocycles.